The lowest BCUT2D eigenvalue weighted by molar-refractivity contribution is -0.159. The third-order valence-electron chi connectivity index (χ3n) is 5.01. The van der Waals surface area contributed by atoms with E-state index in [9.17, 15) is 22.4 Å². The van der Waals surface area contributed by atoms with Crippen LogP contribution in [0.5, 0.6) is 0 Å². The Morgan fingerprint density at radius 2 is 1.97 bits per heavy atom. The summed E-state index contributed by atoms with van der Waals surface area (Å²) in [5.74, 6) is -1.79. The highest BCUT2D eigenvalue weighted by molar-refractivity contribution is 5.67. The summed E-state index contributed by atoms with van der Waals surface area (Å²) in [6.45, 7) is 1.77. The van der Waals surface area contributed by atoms with Gasteiger partial charge in [0.2, 0.25) is 5.82 Å². The average molecular weight is 465 g/mol. The smallest absolute Gasteiger partial charge is 0.445 e. The number of anilines is 1. The second-order valence-electron chi connectivity index (χ2n) is 7.38. The summed E-state index contributed by atoms with van der Waals surface area (Å²) in [5.41, 5.74) is 0.816. The first-order valence-electron chi connectivity index (χ1n) is 10.1. The summed E-state index contributed by atoms with van der Waals surface area (Å²) < 4.78 is 61.3. The highest BCUT2D eigenvalue weighted by Gasteiger charge is 2.38. The van der Waals surface area contributed by atoms with E-state index >= 15 is 0 Å². The predicted octanol–water partition coefficient (Wildman–Crippen LogP) is 4.32. The van der Waals surface area contributed by atoms with Crippen LogP contribution in [0.2, 0.25) is 0 Å². The largest absolute Gasteiger partial charge is 0.471 e. The van der Waals surface area contributed by atoms with Crippen LogP contribution in [0.25, 0.3) is 11.4 Å². The number of carbonyl (C=O) groups excluding carboxylic acids is 1. The van der Waals surface area contributed by atoms with Gasteiger partial charge in [-0.05, 0) is 25.0 Å². The number of alkyl halides is 3. The molecule has 0 bridgehead atoms. The number of amides is 1. The first-order chi connectivity index (χ1) is 15.8. The summed E-state index contributed by atoms with van der Waals surface area (Å²) in [4.78, 5) is 21.7. The van der Waals surface area contributed by atoms with Crippen molar-refractivity contribution in [3.63, 3.8) is 0 Å². The van der Waals surface area contributed by atoms with Gasteiger partial charge in [0.05, 0.1) is 0 Å². The van der Waals surface area contributed by atoms with Gasteiger partial charge in [0.1, 0.15) is 18.2 Å². The molecule has 8 nitrogen and oxygen atoms in total. The van der Waals surface area contributed by atoms with Crippen molar-refractivity contribution in [2.75, 3.05) is 18.0 Å². The summed E-state index contributed by atoms with van der Waals surface area (Å²) in [5, 5.41) is 5.63. The number of nitrogens with one attached hydrogen (secondary N) is 1. The molecule has 174 valence electrons. The Morgan fingerprint density at radius 3 is 2.61 bits per heavy atom. The van der Waals surface area contributed by atoms with E-state index in [1.165, 1.54) is 12.1 Å². The fourth-order valence-electron chi connectivity index (χ4n) is 3.29. The van der Waals surface area contributed by atoms with Gasteiger partial charge in [-0.1, -0.05) is 23.4 Å². The number of alkyl carbamates (subject to hydrolysis) is 1. The van der Waals surface area contributed by atoms with E-state index < -0.39 is 29.8 Å². The van der Waals surface area contributed by atoms with E-state index in [1.807, 2.05) is 12.1 Å². The molecule has 3 aromatic rings. The molecule has 0 radical (unpaired) electrons. The average Bonchev–Trinajstić information content (AvgIpc) is 3.49. The van der Waals surface area contributed by atoms with Crippen molar-refractivity contribution in [1.29, 1.82) is 0 Å². The second-order valence-corrected chi connectivity index (χ2v) is 7.38. The lowest BCUT2D eigenvalue weighted by Gasteiger charge is -2.16. The monoisotopic (exact) mass is 465 g/mol. The van der Waals surface area contributed by atoms with Gasteiger partial charge < -0.3 is 19.5 Å². The molecule has 4 rings (SSSR count). The van der Waals surface area contributed by atoms with Gasteiger partial charge in [-0.15, -0.1) is 0 Å². The lowest BCUT2D eigenvalue weighted by Crippen LogP contribution is -2.24. The topological polar surface area (TPSA) is 93.4 Å². The minimum absolute atomic E-state index is 0.0000989. The van der Waals surface area contributed by atoms with Crippen LogP contribution >= 0.6 is 0 Å². The zero-order valence-corrected chi connectivity index (χ0v) is 17.2. The number of benzene rings is 1. The molecule has 0 atom stereocenters. The van der Waals surface area contributed by atoms with Gasteiger partial charge in [-0.2, -0.15) is 18.2 Å². The molecule has 1 N–H and O–H groups in total. The van der Waals surface area contributed by atoms with Gasteiger partial charge >= 0.3 is 18.2 Å². The first kappa shape index (κ1) is 22.5. The van der Waals surface area contributed by atoms with Crippen LogP contribution in [0.4, 0.5) is 28.2 Å². The molecule has 0 saturated carbocycles. The number of hydrogen-bond acceptors (Lipinski definition) is 7. The Morgan fingerprint density at radius 1 is 1.18 bits per heavy atom. The molecule has 1 aromatic carbocycles. The first-order valence-corrected chi connectivity index (χ1v) is 10.1. The van der Waals surface area contributed by atoms with Crippen LogP contribution < -0.4 is 10.2 Å². The number of halogens is 4. The van der Waals surface area contributed by atoms with Crippen LogP contribution in [0.15, 0.2) is 41.1 Å². The number of hydrogen-bond donors (Lipinski definition) is 1. The summed E-state index contributed by atoms with van der Waals surface area (Å²) in [6.07, 6.45) is -1.62. The van der Waals surface area contributed by atoms with Crippen LogP contribution in [0, 0.1) is 5.82 Å². The normalized spacial score (nSPS) is 13.9. The maximum Gasteiger partial charge on any atom is 0.471 e. The number of ether oxygens (including phenoxy) is 1. The standard InChI is InChI=1S/C21H19F4N5O3/c22-16-9-14(18-28-19(33-29-18)21(23,24)25)4-5-15(16)11-27-20(31)32-12-13-3-6-17(26-10-13)30-7-1-2-8-30/h3-6,9-10H,1-2,7-8,11-12H2,(H,27,31). The van der Waals surface area contributed by atoms with Gasteiger partial charge in [-0.25, -0.2) is 14.2 Å². The molecule has 1 saturated heterocycles. The van der Waals surface area contributed by atoms with Crippen molar-refractivity contribution < 1.29 is 31.6 Å². The predicted molar refractivity (Wildman–Crippen MR) is 107 cm³/mol. The van der Waals surface area contributed by atoms with Crippen molar-refractivity contribution in [3.05, 3.63) is 59.4 Å². The van der Waals surface area contributed by atoms with E-state index in [0.29, 0.717) is 5.56 Å². The number of carbonyl (C=O) groups is 1. The number of aromatic nitrogens is 3. The van der Waals surface area contributed by atoms with Crippen LogP contribution in [-0.2, 0) is 24.1 Å². The third-order valence-corrected chi connectivity index (χ3v) is 5.01. The SMILES string of the molecule is O=C(NCc1ccc(-c2noc(C(F)(F)F)n2)cc1F)OCc1ccc(N2CCCC2)nc1. The third kappa shape index (κ3) is 5.57. The molecule has 3 heterocycles. The zero-order valence-electron chi connectivity index (χ0n) is 17.2. The van der Waals surface area contributed by atoms with Crippen molar-refractivity contribution in [2.45, 2.75) is 32.2 Å². The van der Waals surface area contributed by atoms with Crippen molar-refractivity contribution in [1.82, 2.24) is 20.4 Å². The number of nitrogens with zero attached hydrogens (tertiary/aromatic N) is 4. The van der Waals surface area contributed by atoms with Crippen LogP contribution in [-0.4, -0.2) is 34.3 Å². The second kappa shape index (κ2) is 9.43. The Kier molecular flexibility index (Phi) is 6.43. The molecule has 0 spiro atoms. The molecule has 0 unspecified atom stereocenters. The fourth-order valence-corrected chi connectivity index (χ4v) is 3.29. The lowest BCUT2D eigenvalue weighted by atomic mass is 10.1. The van der Waals surface area contributed by atoms with Crippen molar-refractivity contribution in [2.24, 2.45) is 0 Å². The van der Waals surface area contributed by atoms with Crippen molar-refractivity contribution >= 4 is 11.9 Å². The molecular formula is C21H19F4N5O3. The molecular weight excluding hydrogens is 446 g/mol. The fraction of sp³-hybridized carbons (Fsp3) is 0.333. The Labute approximate surface area is 185 Å². The van der Waals surface area contributed by atoms with Gasteiger partial charge in [0, 0.05) is 42.5 Å². The summed E-state index contributed by atoms with van der Waals surface area (Å²) in [6, 6.07) is 7.29. The Bertz CT molecular complexity index is 1110. The quantitative estimate of drug-likeness (QED) is 0.542. The number of pyridine rings is 1. The van der Waals surface area contributed by atoms with Gasteiger partial charge in [0.15, 0.2) is 0 Å². The molecule has 1 fully saturated rings. The minimum Gasteiger partial charge on any atom is -0.445 e. The molecule has 2 aromatic heterocycles. The maximum atomic E-state index is 14.3. The Balaban J connectivity index is 1.28. The van der Waals surface area contributed by atoms with Crippen LogP contribution in [0.1, 0.15) is 29.9 Å². The molecule has 1 aliphatic rings. The van der Waals surface area contributed by atoms with E-state index in [-0.39, 0.29) is 24.3 Å². The van der Waals surface area contributed by atoms with Gasteiger partial charge in [0.25, 0.3) is 0 Å². The van der Waals surface area contributed by atoms with Crippen LogP contribution in [0.3, 0.4) is 0 Å². The zero-order chi connectivity index (χ0) is 23.4. The molecule has 1 aliphatic heterocycles. The highest BCUT2D eigenvalue weighted by atomic mass is 19.4. The van der Waals surface area contributed by atoms with E-state index in [2.05, 4.69) is 29.9 Å². The maximum absolute atomic E-state index is 14.3. The minimum atomic E-state index is -4.79. The summed E-state index contributed by atoms with van der Waals surface area (Å²) >= 11 is 0. The van der Waals surface area contributed by atoms with E-state index in [4.69, 9.17) is 4.74 Å². The summed E-state index contributed by atoms with van der Waals surface area (Å²) in [7, 11) is 0. The molecule has 0 aliphatic carbocycles. The molecule has 1 amide bonds. The van der Waals surface area contributed by atoms with E-state index in [1.54, 1.807) is 6.20 Å². The molecule has 33 heavy (non-hydrogen) atoms. The number of rotatable bonds is 6. The Hall–Kier alpha value is -3.70. The van der Waals surface area contributed by atoms with E-state index in [0.717, 1.165) is 37.8 Å². The highest BCUT2D eigenvalue weighted by Crippen LogP contribution is 2.29. The van der Waals surface area contributed by atoms with Gasteiger partial charge in [-0.3, -0.25) is 0 Å². The van der Waals surface area contributed by atoms with Crippen molar-refractivity contribution in [3.8, 4) is 11.4 Å². The molecule has 12 heteroatoms.